The van der Waals surface area contributed by atoms with Crippen LogP contribution in [0.25, 0.3) is 0 Å². The normalized spacial score (nSPS) is 25.3. The second kappa shape index (κ2) is 7.04. The fourth-order valence-electron chi connectivity index (χ4n) is 2.58. The van der Waals surface area contributed by atoms with E-state index in [0.29, 0.717) is 19.3 Å². The molecule has 0 aromatic carbocycles. The lowest BCUT2D eigenvalue weighted by Gasteiger charge is -2.37. The van der Waals surface area contributed by atoms with Crippen LogP contribution in [0.4, 0.5) is 4.79 Å². The first-order chi connectivity index (χ1) is 10.1. The topological polar surface area (TPSA) is 105 Å². The number of nitrogens with zero attached hydrogens (tertiary/aromatic N) is 3. The van der Waals surface area contributed by atoms with Crippen molar-refractivity contribution in [1.82, 2.24) is 9.91 Å². The van der Waals surface area contributed by atoms with Gasteiger partial charge in [0, 0.05) is 26.1 Å². The molecule has 1 rings (SSSR count). The van der Waals surface area contributed by atoms with E-state index in [1.165, 1.54) is 4.90 Å². The maximum absolute atomic E-state index is 12.1. The molecule has 0 bridgehead atoms. The Hall–Kier alpha value is -1.70. The van der Waals surface area contributed by atoms with E-state index in [-0.39, 0.29) is 11.8 Å². The Bertz CT molecular complexity index is 433. The van der Waals surface area contributed by atoms with Crippen molar-refractivity contribution >= 4 is 12.0 Å². The van der Waals surface area contributed by atoms with Crippen molar-refractivity contribution < 1.29 is 14.3 Å². The van der Waals surface area contributed by atoms with Gasteiger partial charge in [-0.25, -0.2) is 4.79 Å². The van der Waals surface area contributed by atoms with Gasteiger partial charge in [0.1, 0.15) is 5.60 Å². The number of hydrogen-bond donors (Lipinski definition) is 1. The highest BCUT2D eigenvalue weighted by Gasteiger charge is 2.40. The Morgan fingerprint density at radius 2 is 1.82 bits per heavy atom. The molecule has 1 aliphatic carbocycles. The molecular weight excluding hydrogens is 288 g/mol. The zero-order valence-electron chi connectivity index (χ0n) is 13.9. The minimum atomic E-state index is -0.832. The fourth-order valence-corrected chi connectivity index (χ4v) is 2.58. The van der Waals surface area contributed by atoms with Crippen LogP contribution in [0.5, 0.6) is 0 Å². The second-order valence-electron chi connectivity index (χ2n) is 6.88. The highest BCUT2D eigenvalue weighted by Crippen LogP contribution is 2.29. The van der Waals surface area contributed by atoms with Gasteiger partial charge in [0.2, 0.25) is 5.91 Å². The summed E-state index contributed by atoms with van der Waals surface area (Å²) < 4.78 is 5.18. The molecule has 1 saturated carbocycles. The first kappa shape index (κ1) is 18.3. The van der Waals surface area contributed by atoms with Crippen LogP contribution in [0.2, 0.25) is 0 Å². The summed E-state index contributed by atoms with van der Waals surface area (Å²) >= 11 is 0. The number of nitroso groups, excluding NO2 is 1. The van der Waals surface area contributed by atoms with E-state index in [9.17, 15) is 14.5 Å². The lowest BCUT2D eigenvalue weighted by Crippen LogP contribution is -2.53. The Morgan fingerprint density at radius 3 is 2.27 bits per heavy atom. The van der Waals surface area contributed by atoms with Gasteiger partial charge in [-0.1, -0.05) is 0 Å². The van der Waals surface area contributed by atoms with Gasteiger partial charge in [-0.2, -0.15) is 5.01 Å². The van der Waals surface area contributed by atoms with Gasteiger partial charge in [0.15, 0.2) is 0 Å². The lowest BCUT2D eigenvalue weighted by atomic mass is 9.81. The molecule has 0 radical (unpaired) electrons. The number of carbonyl (C=O) groups excluding carboxylic acids is 2. The summed E-state index contributed by atoms with van der Waals surface area (Å²) in [7, 11) is 3.35. The first-order valence-corrected chi connectivity index (χ1v) is 7.39. The molecule has 0 unspecified atom stereocenters. The van der Waals surface area contributed by atoms with Gasteiger partial charge < -0.3 is 15.4 Å². The monoisotopic (exact) mass is 314 g/mol. The van der Waals surface area contributed by atoms with Crippen LogP contribution in [0.3, 0.4) is 0 Å². The van der Waals surface area contributed by atoms with Crippen LogP contribution in [-0.2, 0) is 9.53 Å². The van der Waals surface area contributed by atoms with Crippen molar-refractivity contribution in [2.75, 3.05) is 14.1 Å². The van der Waals surface area contributed by atoms with Gasteiger partial charge in [-0.05, 0) is 40.0 Å². The maximum atomic E-state index is 12.1. The molecule has 3 atom stereocenters. The third-order valence-corrected chi connectivity index (χ3v) is 3.64. The predicted octanol–water partition coefficient (Wildman–Crippen LogP) is 1.49. The first-order valence-electron chi connectivity index (χ1n) is 7.39. The van der Waals surface area contributed by atoms with Crippen molar-refractivity contribution in [2.45, 2.75) is 57.7 Å². The number of amides is 2. The molecule has 0 saturated heterocycles. The Labute approximate surface area is 130 Å². The summed E-state index contributed by atoms with van der Waals surface area (Å²) in [5.74, 6) is -0.307. The van der Waals surface area contributed by atoms with Crippen molar-refractivity contribution in [3.05, 3.63) is 4.91 Å². The molecule has 126 valence electrons. The van der Waals surface area contributed by atoms with Gasteiger partial charge in [-0.15, -0.1) is 4.91 Å². The second-order valence-corrected chi connectivity index (χ2v) is 6.88. The molecule has 0 heterocycles. The maximum Gasteiger partial charge on any atom is 0.433 e. The largest absolute Gasteiger partial charge is 0.442 e. The zero-order chi connectivity index (χ0) is 17.1. The van der Waals surface area contributed by atoms with E-state index in [4.69, 9.17) is 10.5 Å². The molecule has 22 heavy (non-hydrogen) atoms. The smallest absolute Gasteiger partial charge is 0.433 e. The van der Waals surface area contributed by atoms with E-state index in [1.807, 2.05) is 0 Å². The molecule has 0 aromatic rings. The van der Waals surface area contributed by atoms with E-state index in [1.54, 1.807) is 34.9 Å². The third-order valence-electron chi connectivity index (χ3n) is 3.64. The highest BCUT2D eigenvalue weighted by molar-refractivity contribution is 5.78. The Morgan fingerprint density at radius 1 is 1.23 bits per heavy atom. The Balaban J connectivity index is 2.87. The summed E-state index contributed by atoms with van der Waals surface area (Å²) in [5, 5.41) is 3.53. The van der Waals surface area contributed by atoms with Crippen molar-refractivity contribution in [2.24, 2.45) is 16.9 Å². The molecule has 1 fully saturated rings. The van der Waals surface area contributed by atoms with Crippen molar-refractivity contribution in [3.8, 4) is 0 Å². The standard InChI is InChI=1S/C14H26N4O4/c1-14(2,3)22-13(20)18(16-21)11-8-9(6-7-10(11)15)12(19)17(4)5/h9-11H,6-8,15H2,1-5H3/t9-,10-,11+/m0/s1. The molecule has 2 N–H and O–H groups in total. The van der Waals surface area contributed by atoms with E-state index >= 15 is 0 Å². The highest BCUT2D eigenvalue weighted by atomic mass is 16.6. The van der Waals surface area contributed by atoms with Crippen LogP contribution in [0.1, 0.15) is 40.0 Å². The van der Waals surface area contributed by atoms with Gasteiger partial charge >= 0.3 is 6.09 Å². The van der Waals surface area contributed by atoms with Crippen LogP contribution in [0, 0.1) is 10.8 Å². The summed E-state index contributed by atoms with van der Waals surface area (Å²) in [4.78, 5) is 36.8. The summed E-state index contributed by atoms with van der Waals surface area (Å²) in [5.41, 5.74) is 5.28. The Kier molecular flexibility index (Phi) is 5.87. The van der Waals surface area contributed by atoms with Crippen LogP contribution >= 0.6 is 0 Å². The van der Waals surface area contributed by atoms with Crippen molar-refractivity contribution in [3.63, 3.8) is 0 Å². The minimum absolute atomic E-state index is 0.0352. The number of hydrogen-bond acceptors (Lipinski definition) is 6. The summed E-state index contributed by atoms with van der Waals surface area (Å²) in [6.45, 7) is 5.10. The van der Waals surface area contributed by atoms with Crippen molar-refractivity contribution in [1.29, 1.82) is 0 Å². The van der Waals surface area contributed by atoms with E-state index < -0.39 is 23.8 Å². The molecule has 0 aliphatic heterocycles. The van der Waals surface area contributed by atoms with Gasteiger partial charge in [0.25, 0.3) is 0 Å². The molecule has 8 heteroatoms. The lowest BCUT2D eigenvalue weighted by molar-refractivity contribution is -0.134. The predicted molar refractivity (Wildman–Crippen MR) is 81.7 cm³/mol. The number of nitrogens with two attached hydrogens (primary N) is 1. The van der Waals surface area contributed by atoms with Gasteiger partial charge in [0.05, 0.1) is 11.3 Å². The molecule has 0 spiro atoms. The third kappa shape index (κ3) is 4.66. The molecule has 2 amide bonds. The quantitative estimate of drug-likeness (QED) is 0.627. The van der Waals surface area contributed by atoms with E-state index in [2.05, 4.69) is 5.29 Å². The molecule has 1 aliphatic rings. The molecule has 0 aromatic heterocycles. The average molecular weight is 314 g/mol. The number of ether oxygens (including phenoxy) is 1. The minimum Gasteiger partial charge on any atom is -0.442 e. The average Bonchev–Trinajstić information content (AvgIpc) is 2.38. The number of rotatable bonds is 3. The van der Waals surface area contributed by atoms with Crippen LogP contribution in [-0.4, -0.2) is 53.7 Å². The summed E-state index contributed by atoms with van der Waals surface area (Å²) in [6.07, 6.45) is 0.656. The molecular formula is C14H26N4O4. The fraction of sp³-hybridized carbons (Fsp3) is 0.857. The SMILES string of the molecule is CN(C)C(=O)[C@H]1CC[C@H](N)[C@H](N(N=O)C(=O)OC(C)(C)C)C1. The molecule has 8 nitrogen and oxygen atoms in total. The van der Waals surface area contributed by atoms with Crippen LogP contribution in [0.15, 0.2) is 5.29 Å². The van der Waals surface area contributed by atoms with Gasteiger partial charge in [-0.3, -0.25) is 4.79 Å². The van der Waals surface area contributed by atoms with Crippen LogP contribution < -0.4 is 5.73 Å². The zero-order valence-corrected chi connectivity index (χ0v) is 13.9. The van der Waals surface area contributed by atoms with E-state index in [0.717, 1.165) is 5.01 Å². The summed E-state index contributed by atoms with van der Waals surface area (Å²) in [6, 6.07) is -1.04. The number of carbonyl (C=O) groups is 2.